The molecule has 0 aliphatic rings. The van der Waals surface area contributed by atoms with Crippen LogP contribution in [0, 0.1) is 0 Å². The van der Waals surface area contributed by atoms with Gasteiger partial charge in [0.25, 0.3) is 5.91 Å². The Morgan fingerprint density at radius 1 is 1.32 bits per heavy atom. The summed E-state index contributed by atoms with van der Waals surface area (Å²) in [5.41, 5.74) is 8.45. The number of aromatic nitrogens is 2. The van der Waals surface area contributed by atoms with E-state index in [-0.39, 0.29) is 11.3 Å². The predicted molar refractivity (Wildman–Crippen MR) is 77.4 cm³/mol. The van der Waals surface area contributed by atoms with Crippen LogP contribution in [0.2, 0.25) is 0 Å². The number of anilines is 2. The lowest BCUT2D eigenvalue weighted by Crippen LogP contribution is -2.19. The van der Waals surface area contributed by atoms with Crippen LogP contribution in [0.15, 0.2) is 23.8 Å². The maximum Gasteiger partial charge on any atom is 0.267 e. The van der Waals surface area contributed by atoms with Crippen molar-refractivity contribution in [3.63, 3.8) is 0 Å². The van der Waals surface area contributed by atoms with Crippen molar-refractivity contribution in [3.05, 3.63) is 34.4 Å². The van der Waals surface area contributed by atoms with Crippen molar-refractivity contribution in [1.82, 2.24) is 9.97 Å². The number of carbonyl (C=O) groups excluding carboxylic acids is 1. The van der Waals surface area contributed by atoms with E-state index < -0.39 is 0 Å². The van der Waals surface area contributed by atoms with Crippen molar-refractivity contribution >= 4 is 28.7 Å². The fraction of sp³-hybridized carbons (Fsp3) is 0.308. The molecule has 0 unspecified atom stereocenters. The maximum absolute atomic E-state index is 12.2. The molecule has 100 valence electrons. The number of nitrogens with two attached hydrogens (primary N) is 1. The Hall–Kier alpha value is -1.95. The molecule has 0 atom stereocenters. The maximum atomic E-state index is 12.2. The number of amides is 1. The number of thiazole rings is 1. The van der Waals surface area contributed by atoms with Crippen LogP contribution in [-0.2, 0) is 5.41 Å². The van der Waals surface area contributed by atoms with Crippen molar-refractivity contribution in [2.75, 3.05) is 11.1 Å². The zero-order valence-corrected chi connectivity index (χ0v) is 11.9. The Balaban J connectivity index is 2.21. The third-order valence-electron chi connectivity index (χ3n) is 2.53. The highest BCUT2D eigenvalue weighted by Crippen LogP contribution is 2.27. The number of nitrogens with one attached hydrogen (secondary N) is 1. The van der Waals surface area contributed by atoms with Gasteiger partial charge in [-0.15, -0.1) is 11.3 Å². The molecule has 0 aromatic carbocycles. The topological polar surface area (TPSA) is 80.9 Å². The average Bonchev–Trinajstić information content (AvgIpc) is 2.81. The fourth-order valence-corrected chi connectivity index (χ4v) is 2.50. The number of nitrogens with zero attached hydrogens (tertiary/aromatic N) is 2. The van der Waals surface area contributed by atoms with E-state index in [1.807, 2.05) is 20.8 Å². The summed E-state index contributed by atoms with van der Waals surface area (Å²) in [6.07, 6.45) is 1.53. The molecule has 2 heterocycles. The van der Waals surface area contributed by atoms with Crippen molar-refractivity contribution in [2.24, 2.45) is 0 Å². The van der Waals surface area contributed by atoms with Crippen LogP contribution >= 0.6 is 11.3 Å². The molecular weight excluding hydrogens is 260 g/mol. The molecule has 0 saturated carbocycles. The smallest absolute Gasteiger partial charge is 0.267 e. The van der Waals surface area contributed by atoms with E-state index in [1.165, 1.54) is 17.5 Å². The Labute approximate surface area is 115 Å². The van der Waals surface area contributed by atoms with Crippen LogP contribution in [0.5, 0.6) is 0 Å². The van der Waals surface area contributed by atoms with Crippen LogP contribution in [0.25, 0.3) is 0 Å². The van der Waals surface area contributed by atoms with Gasteiger partial charge in [0, 0.05) is 5.41 Å². The highest BCUT2D eigenvalue weighted by Gasteiger charge is 2.24. The number of pyridine rings is 1. The first-order chi connectivity index (χ1) is 8.88. The molecule has 2 aromatic rings. The Morgan fingerprint density at radius 3 is 2.63 bits per heavy atom. The fourth-order valence-electron chi connectivity index (χ4n) is 1.61. The number of rotatable bonds is 2. The third-order valence-corrected chi connectivity index (χ3v) is 3.35. The van der Waals surface area contributed by atoms with Gasteiger partial charge in [0.15, 0.2) is 0 Å². The summed E-state index contributed by atoms with van der Waals surface area (Å²) in [5.74, 6) is 0.255. The molecule has 5 nitrogen and oxygen atoms in total. The largest absolute Gasteiger partial charge is 0.384 e. The molecule has 0 saturated heterocycles. The monoisotopic (exact) mass is 276 g/mol. The summed E-state index contributed by atoms with van der Waals surface area (Å²) in [5, 5.41) is 2.80. The highest BCUT2D eigenvalue weighted by molar-refractivity contribution is 7.12. The molecule has 1 amide bonds. The van der Waals surface area contributed by atoms with E-state index >= 15 is 0 Å². The summed E-state index contributed by atoms with van der Waals surface area (Å²) in [6.45, 7) is 6.09. The van der Waals surface area contributed by atoms with Gasteiger partial charge in [-0.1, -0.05) is 20.8 Å². The molecule has 0 aliphatic heterocycles. The van der Waals surface area contributed by atoms with Gasteiger partial charge in [-0.2, -0.15) is 0 Å². The van der Waals surface area contributed by atoms with E-state index in [9.17, 15) is 4.79 Å². The second kappa shape index (κ2) is 4.97. The summed E-state index contributed by atoms with van der Waals surface area (Å²) < 4.78 is 0. The third kappa shape index (κ3) is 3.08. The van der Waals surface area contributed by atoms with Crippen LogP contribution in [0.1, 0.15) is 36.1 Å². The quantitative estimate of drug-likeness (QED) is 0.883. The van der Waals surface area contributed by atoms with Gasteiger partial charge in [0.05, 0.1) is 23.1 Å². The first-order valence-corrected chi connectivity index (χ1v) is 6.73. The molecule has 19 heavy (non-hydrogen) atoms. The lowest BCUT2D eigenvalue weighted by Gasteiger charge is -2.17. The highest BCUT2D eigenvalue weighted by atomic mass is 32.1. The van der Waals surface area contributed by atoms with Gasteiger partial charge in [-0.05, 0) is 12.1 Å². The van der Waals surface area contributed by atoms with E-state index in [4.69, 9.17) is 5.73 Å². The first kappa shape index (κ1) is 13.5. The van der Waals surface area contributed by atoms with Gasteiger partial charge < -0.3 is 11.1 Å². The Morgan fingerprint density at radius 2 is 2.05 bits per heavy atom. The second-order valence-corrected chi connectivity index (χ2v) is 6.06. The van der Waals surface area contributed by atoms with Crippen LogP contribution in [0.4, 0.5) is 11.5 Å². The summed E-state index contributed by atoms with van der Waals surface area (Å²) >= 11 is 1.34. The summed E-state index contributed by atoms with van der Waals surface area (Å²) in [6, 6.07) is 3.37. The van der Waals surface area contributed by atoms with Crippen LogP contribution in [0.3, 0.4) is 0 Å². The lowest BCUT2D eigenvalue weighted by molar-refractivity contribution is 0.102. The predicted octanol–water partition coefficient (Wildman–Crippen LogP) is 2.67. The molecule has 0 aliphatic carbocycles. The Kier molecular flexibility index (Phi) is 3.53. The molecule has 0 fully saturated rings. The van der Waals surface area contributed by atoms with E-state index in [1.54, 1.807) is 17.6 Å². The first-order valence-electron chi connectivity index (χ1n) is 5.85. The molecule has 6 heteroatoms. The lowest BCUT2D eigenvalue weighted by atomic mass is 9.91. The van der Waals surface area contributed by atoms with E-state index in [0.29, 0.717) is 16.4 Å². The van der Waals surface area contributed by atoms with Crippen molar-refractivity contribution in [2.45, 2.75) is 26.2 Å². The second-order valence-electron chi connectivity index (χ2n) is 5.21. The van der Waals surface area contributed by atoms with Crippen LogP contribution in [-0.4, -0.2) is 15.9 Å². The zero-order valence-electron chi connectivity index (χ0n) is 11.1. The Bertz CT molecular complexity index is 583. The zero-order chi connectivity index (χ0) is 14.0. The SMILES string of the molecule is CC(C)(C)c1ncsc1C(=O)Nc1ccc(N)nc1. The van der Waals surface area contributed by atoms with Gasteiger partial charge in [-0.25, -0.2) is 9.97 Å². The number of hydrogen-bond acceptors (Lipinski definition) is 5. The van der Waals surface area contributed by atoms with E-state index in [2.05, 4.69) is 15.3 Å². The molecule has 2 rings (SSSR count). The molecule has 0 spiro atoms. The molecule has 2 aromatic heterocycles. The standard InChI is InChI=1S/C13H16N4OS/c1-13(2,3)11-10(19-7-16-11)12(18)17-8-4-5-9(14)15-6-8/h4-7H,1-3H3,(H2,14,15)(H,17,18). The number of nitrogen functional groups attached to an aromatic ring is 1. The van der Waals surface area contributed by atoms with Crippen LogP contribution < -0.4 is 11.1 Å². The summed E-state index contributed by atoms with van der Waals surface area (Å²) in [7, 11) is 0. The van der Waals surface area contributed by atoms with E-state index in [0.717, 1.165) is 5.69 Å². The molecule has 3 N–H and O–H groups in total. The normalized spacial score (nSPS) is 11.3. The average molecular weight is 276 g/mol. The van der Waals surface area contributed by atoms with Crippen molar-refractivity contribution in [3.8, 4) is 0 Å². The van der Waals surface area contributed by atoms with Crippen molar-refractivity contribution < 1.29 is 4.79 Å². The van der Waals surface area contributed by atoms with Gasteiger partial charge in [0.1, 0.15) is 10.7 Å². The van der Waals surface area contributed by atoms with Gasteiger partial charge in [0.2, 0.25) is 0 Å². The molecular formula is C13H16N4OS. The minimum Gasteiger partial charge on any atom is -0.384 e. The van der Waals surface area contributed by atoms with Crippen molar-refractivity contribution in [1.29, 1.82) is 0 Å². The molecule has 0 bridgehead atoms. The van der Waals surface area contributed by atoms with Gasteiger partial charge >= 0.3 is 0 Å². The summed E-state index contributed by atoms with van der Waals surface area (Å²) in [4.78, 5) is 21.1. The molecule has 0 radical (unpaired) electrons. The minimum absolute atomic E-state index is 0.161. The number of hydrogen-bond donors (Lipinski definition) is 2. The van der Waals surface area contributed by atoms with Gasteiger partial charge in [-0.3, -0.25) is 4.79 Å². The number of carbonyl (C=O) groups is 1. The minimum atomic E-state index is -0.168.